The predicted molar refractivity (Wildman–Crippen MR) is 87.3 cm³/mol. The maximum atomic E-state index is 5.65. The molecule has 1 aromatic rings. The normalized spacial score (nSPS) is 12.0. The Morgan fingerprint density at radius 2 is 2.00 bits per heavy atom. The second-order valence-corrected chi connectivity index (χ2v) is 5.84. The number of nitrogens with one attached hydrogen (secondary N) is 1. The van der Waals surface area contributed by atoms with Crippen molar-refractivity contribution in [3.05, 3.63) is 23.7 Å². The predicted octanol–water partition coefficient (Wildman–Crippen LogP) is 3.41. The molecule has 0 saturated carbocycles. The van der Waals surface area contributed by atoms with Gasteiger partial charge in [0.1, 0.15) is 5.76 Å². The summed E-state index contributed by atoms with van der Waals surface area (Å²) in [6.45, 7) is 12.3. The second-order valence-electron chi connectivity index (χ2n) is 5.84. The molecule has 0 amide bonds. The number of hydrogen-bond donors (Lipinski definition) is 1. The minimum absolute atomic E-state index is 0.464. The average molecular weight is 296 g/mol. The van der Waals surface area contributed by atoms with Gasteiger partial charge in [-0.3, -0.25) is 4.90 Å². The van der Waals surface area contributed by atoms with E-state index < -0.39 is 0 Å². The van der Waals surface area contributed by atoms with Gasteiger partial charge in [-0.15, -0.1) is 0 Å². The van der Waals surface area contributed by atoms with Crippen LogP contribution in [0.25, 0.3) is 0 Å². The first-order valence-electron chi connectivity index (χ1n) is 8.13. The SMILES string of the molecule is CCC(CC)N(CCOC)Cc1ccoc1CNC(C)C. The lowest BCUT2D eigenvalue weighted by Gasteiger charge is -2.30. The van der Waals surface area contributed by atoms with Crippen LogP contribution in [0.3, 0.4) is 0 Å². The fourth-order valence-electron chi connectivity index (χ4n) is 2.58. The van der Waals surface area contributed by atoms with Crippen molar-refractivity contribution in [2.24, 2.45) is 0 Å². The van der Waals surface area contributed by atoms with Gasteiger partial charge < -0.3 is 14.5 Å². The quantitative estimate of drug-likeness (QED) is 0.679. The van der Waals surface area contributed by atoms with E-state index in [1.165, 1.54) is 5.56 Å². The molecule has 0 aliphatic heterocycles. The van der Waals surface area contributed by atoms with Crippen LogP contribution in [-0.2, 0) is 17.8 Å². The van der Waals surface area contributed by atoms with Crippen LogP contribution < -0.4 is 5.32 Å². The molecular weight excluding hydrogens is 264 g/mol. The lowest BCUT2D eigenvalue weighted by molar-refractivity contribution is 0.109. The van der Waals surface area contributed by atoms with Gasteiger partial charge in [0.05, 0.1) is 19.4 Å². The topological polar surface area (TPSA) is 37.6 Å². The van der Waals surface area contributed by atoms with E-state index >= 15 is 0 Å². The maximum Gasteiger partial charge on any atom is 0.122 e. The van der Waals surface area contributed by atoms with Gasteiger partial charge in [-0.1, -0.05) is 27.7 Å². The first-order chi connectivity index (χ1) is 10.1. The fraction of sp³-hybridized carbons (Fsp3) is 0.765. The summed E-state index contributed by atoms with van der Waals surface area (Å²) in [4.78, 5) is 2.51. The highest BCUT2D eigenvalue weighted by molar-refractivity contribution is 5.17. The number of methoxy groups -OCH3 is 1. The van der Waals surface area contributed by atoms with Crippen molar-refractivity contribution < 1.29 is 9.15 Å². The van der Waals surface area contributed by atoms with E-state index in [2.05, 4.69) is 44.0 Å². The summed E-state index contributed by atoms with van der Waals surface area (Å²) in [5, 5.41) is 3.42. The van der Waals surface area contributed by atoms with Crippen molar-refractivity contribution >= 4 is 0 Å². The van der Waals surface area contributed by atoms with Crippen LogP contribution in [0.2, 0.25) is 0 Å². The monoisotopic (exact) mass is 296 g/mol. The van der Waals surface area contributed by atoms with E-state index in [1.807, 2.05) is 0 Å². The molecule has 0 atom stereocenters. The molecular formula is C17H32N2O2. The molecule has 0 spiro atoms. The van der Waals surface area contributed by atoms with Crippen LogP contribution in [0.5, 0.6) is 0 Å². The van der Waals surface area contributed by atoms with Crippen molar-refractivity contribution in [3.8, 4) is 0 Å². The van der Waals surface area contributed by atoms with E-state index in [-0.39, 0.29) is 0 Å². The van der Waals surface area contributed by atoms with Crippen LogP contribution in [0, 0.1) is 0 Å². The zero-order valence-corrected chi connectivity index (χ0v) is 14.3. The molecule has 1 aromatic heterocycles. The summed E-state index contributed by atoms with van der Waals surface area (Å²) in [7, 11) is 1.76. The van der Waals surface area contributed by atoms with E-state index in [1.54, 1.807) is 13.4 Å². The Morgan fingerprint density at radius 3 is 2.57 bits per heavy atom. The number of ether oxygens (including phenoxy) is 1. The molecule has 0 radical (unpaired) electrons. The number of nitrogens with zero attached hydrogens (tertiary/aromatic N) is 1. The first-order valence-corrected chi connectivity index (χ1v) is 8.13. The third kappa shape index (κ3) is 6.20. The van der Waals surface area contributed by atoms with Crippen molar-refractivity contribution in [3.63, 3.8) is 0 Å². The lowest BCUT2D eigenvalue weighted by Crippen LogP contribution is -2.36. The molecule has 1 rings (SSSR count). The molecule has 0 bridgehead atoms. The summed E-state index contributed by atoms with van der Waals surface area (Å²) in [5.74, 6) is 1.05. The van der Waals surface area contributed by atoms with Crippen LogP contribution in [0.15, 0.2) is 16.7 Å². The highest BCUT2D eigenvalue weighted by Gasteiger charge is 2.18. The van der Waals surface area contributed by atoms with E-state index in [0.29, 0.717) is 12.1 Å². The van der Waals surface area contributed by atoms with Crippen LogP contribution in [-0.4, -0.2) is 37.2 Å². The van der Waals surface area contributed by atoms with Crippen molar-refractivity contribution in [2.45, 2.75) is 65.7 Å². The molecule has 0 aliphatic rings. The molecule has 1 heterocycles. The zero-order valence-electron chi connectivity index (χ0n) is 14.3. The van der Waals surface area contributed by atoms with E-state index in [0.717, 1.165) is 44.8 Å². The number of furan rings is 1. The molecule has 21 heavy (non-hydrogen) atoms. The molecule has 0 unspecified atom stereocenters. The zero-order chi connectivity index (χ0) is 15.7. The first kappa shape index (κ1) is 18.2. The van der Waals surface area contributed by atoms with Gasteiger partial charge in [-0.2, -0.15) is 0 Å². The van der Waals surface area contributed by atoms with Crippen LogP contribution >= 0.6 is 0 Å². The third-order valence-corrected chi connectivity index (χ3v) is 3.92. The Morgan fingerprint density at radius 1 is 1.29 bits per heavy atom. The van der Waals surface area contributed by atoms with Crippen molar-refractivity contribution in [1.29, 1.82) is 0 Å². The van der Waals surface area contributed by atoms with E-state index in [9.17, 15) is 0 Å². The highest BCUT2D eigenvalue weighted by Crippen LogP contribution is 2.17. The number of hydrogen-bond acceptors (Lipinski definition) is 4. The summed E-state index contributed by atoms with van der Waals surface area (Å²) >= 11 is 0. The van der Waals surface area contributed by atoms with Gasteiger partial charge in [-0.25, -0.2) is 0 Å². The molecule has 0 aliphatic carbocycles. The standard InChI is InChI=1S/C17H32N2O2/c1-6-16(7-2)19(9-11-20-5)13-15-8-10-21-17(15)12-18-14(3)4/h8,10,14,16,18H,6-7,9,11-13H2,1-5H3. The Balaban J connectivity index is 2.71. The van der Waals surface area contributed by atoms with Gasteiger partial charge >= 0.3 is 0 Å². The summed E-state index contributed by atoms with van der Waals surface area (Å²) in [6.07, 6.45) is 4.13. The summed E-state index contributed by atoms with van der Waals surface area (Å²) in [6, 6.07) is 3.16. The van der Waals surface area contributed by atoms with Gasteiger partial charge in [0, 0.05) is 37.8 Å². The largest absolute Gasteiger partial charge is 0.468 e. The lowest BCUT2D eigenvalue weighted by atomic mass is 10.1. The molecule has 1 N–H and O–H groups in total. The summed E-state index contributed by atoms with van der Waals surface area (Å²) in [5.41, 5.74) is 1.28. The summed E-state index contributed by atoms with van der Waals surface area (Å²) < 4.78 is 10.9. The Labute approximate surface area is 129 Å². The Hall–Kier alpha value is -0.840. The molecule has 0 aromatic carbocycles. The van der Waals surface area contributed by atoms with Crippen molar-refractivity contribution in [2.75, 3.05) is 20.3 Å². The van der Waals surface area contributed by atoms with Gasteiger partial charge in [-0.05, 0) is 18.9 Å². The minimum Gasteiger partial charge on any atom is -0.468 e. The van der Waals surface area contributed by atoms with Crippen LogP contribution in [0.4, 0.5) is 0 Å². The van der Waals surface area contributed by atoms with Gasteiger partial charge in [0.15, 0.2) is 0 Å². The molecule has 122 valence electrons. The highest BCUT2D eigenvalue weighted by atomic mass is 16.5. The smallest absolute Gasteiger partial charge is 0.122 e. The Bertz CT molecular complexity index is 373. The maximum absolute atomic E-state index is 5.65. The molecule has 4 heteroatoms. The van der Waals surface area contributed by atoms with Crippen molar-refractivity contribution in [1.82, 2.24) is 10.2 Å². The minimum atomic E-state index is 0.464. The fourth-order valence-corrected chi connectivity index (χ4v) is 2.58. The third-order valence-electron chi connectivity index (χ3n) is 3.92. The Kier molecular flexibility index (Phi) is 8.66. The molecule has 4 nitrogen and oxygen atoms in total. The number of rotatable bonds is 11. The van der Waals surface area contributed by atoms with Gasteiger partial charge in [0.2, 0.25) is 0 Å². The van der Waals surface area contributed by atoms with E-state index in [4.69, 9.17) is 9.15 Å². The average Bonchev–Trinajstić information content (AvgIpc) is 2.90. The van der Waals surface area contributed by atoms with Gasteiger partial charge in [0.25, 0.3) is 0 Å². The van der Waals surface area contributed by atoms with Crippen LogP contribution in [0.1, 0.15) is 51.9 Å². The second kappa shape index (κ2) is 9.98. The molecule has 0 saturated heterocycles. The molecule has 0 fully saturated rings.